The molecule has 0 unspecified atom stereocenters. The topological polar surface area (TPSA) is 70.7 Å². The lowest BCUT2D eigenvalue weighted by Gasteiger charge is -2.07. The summed E-state index contributed by atoms with van der Waals surface area (Å²) in [5, 5.41) is 3.18. The highest BCUT2D eigenvalue weighted by Crippen LogP contribution is 2.28. The van der Waals surface area contributed by atoms with Gasteiger partial charge >= 0.3 is 0 Å². The summed E-state index contributed by atoms with van der Waals surface area (Å²) in [6, 6.07) is 17.4. The van der Waals surface area contributed by atoms with Gasteiger partial charge in [0, 0.05) is 23.9 Å². The Bertz CT molecular complexity index is 1090. The molecule has 2 aromatic heterocycles. The molecule has 1 amide bonds. The number of benzene rings is 2. The molecule has 2 N–H and O–H groups in total. The molecule has 0 saturated heterocycles. The fraction of sp³-hybridized carbons (Fsp3) is 0.0952. The number of aromatic nitrogens is 3. The molecule has 0 spiro atoms. The first kappa shape index (κ1) is 17.2. The standard InChI is InChI=1S/C21H17ClN4O/c1-2-23-21(27)15-11-16(22)19(24-12-15)13-7-9-14(10-8-13)20-25-17-5-3-4-6-18(17)26-20/h3-12H,2H2,1H3,(H,23,27)(H,25,26). The van der Waals surface area contributed by atoms with Crippen LogP contribution in [-0.2, 0) is 0 Å². The summed E-state index contributed by atoms with van der Waals surface area (Å²) >= 11 is 6.36. The molecule has 4 aromatic rings. The zero-order valence-corrected chi connectivity index (χ0v) is 15.4. The highest BCUT2D eigenvalue weighted by atomic mass is 35.5. The monoisotopic (exact) mass is 376 g/mol. The second kappa shape index (κ2) is 7.21. The van der Waals surface area contributed by atoms with Crippen molar-refractivity contribution in [3.05, 3.63) is 71.4 Å². The van der Waals surface area contributed by atoms with E-state index in [1.807, 2.05) is 55.5 Å². The predicted molar refractivity (Wildman–Crippen MR) is 108 cm³/mol. The first-order valence-electron chi connectivity index (χ1n) is 8.65. The van der Waals surface area contributed by atoms with Crippen LogP contribution in [0.4, 0.5) is 0 Å². The number of pyridine rings is 1. The van der Waals surface area contributed by atoms with Crippen LogP contribution in [-0.4, -0.2) is 27.4 Å². The summed E-state index contributed by atoms with van der Waals surface area (Å²) in [7, 11) is 0. The molecular formula is C21H17ClN4O. The zero-order valence-electron chi connectivity index (χ0n) is 14.7. The minimum absolute atomic E-state index is 0.182. The number of H-pyrrole nitrogens is 1. The molecule has 2 heterocycles. The van der Waals surface area contributed by atoms with Gasteiger partial charge in [0.25, 0.3) is 5.91 Å². The fourth-order valence-corrected chi connectivity index (χ4v) is 3.19. The third-order valence-corrected chi connectivity index (χ3v) is 4.55. The summed E-state index contributed by atoms with van der Waals surface area (Å²) in [5.74, 6) is 0.632. The highest BCUT2D eigenvalue weighted by molar-refractivity contribution is 6.33. The molecule has 0 saturated carbocycles. The number of carbonyl (C=O) groups is 1. The maximum atomic E-state index is 11.9. The Balaban J connectivity index is 1.63. The van der Waals surface area contributed by atoms with Crippen molar-refractivity contribution in [2.75, 3.05) is 6.54 Å². The third kappa shape index (κ3) is 3.41. The number of hydrogen-bond donors (Lipinski definition) is 2. The minimum Gasteiger partial charge on any atom is -0.352 e. The number of halogens is 1. The average Bonchev–Trinajstić information content (AvgIpc) is 3.12. The van der Waals surface area contributed by atoms with E-state index in [4.69, 9.17) is 11.6 Å². The Morgan fingerprint density at radius 3 is 2.56 bits per heavy atom. The largest absolute Gasteiger partial charge is 0.352 e. The van der Waals surface area contributed by atoms with Gasteiger partial charge in [0.2, 0.25) is 0 Å². The molecule has 2 aromatic carbocycles. The van der Waals surface area contributed by atoms with Crippen LogP contribution in [0.3, 0.4) is 0 Å². The van der Waals surface area contributed by atoms with Crippen LogP contribution in [0, 0.1) is 0 Å². The lowest BCUT2D eigenvalue weighted by Crippen LogP contribution is -2.22. The van der Waals surface area contributed by atoms with E-state index in [9.17, 15) is 4.79 Å². The average molecular weight is 377 g/mol. The van der Waals surface area contributed by atoms with Gasteiger partial charge in [-0.2, -0.15) is 0 Å². The summed E-state index contributed by atoms with van der Waals surface area (Å²) < 4.78 is 0. The molecule has 4 rings (SSSR count). The Morgan fingerprint density at radius 1 is 1.11 bits per heavy atom. The molecule has 134 valence electrons. The van der Waals surface area contributed by atoms with E-state index in [0.717, 1.165) is 28.0 Å². The molecule has 0 aliphatic carbocycles. The Labute approximate surface area is 161 Å². The molecule has 0 aliphatic rings. The normalized spacial score (nSPS) is 10.9. The van der Waals surface area contributed by atoms with Crippen LogP contribution in [0.5, 0.6) is 0 Å². The SMILES string of the molecule is CCNC(=O)c1cnc(-c2ccc(-c3nc4ccccc4[nH]3)cc2)c(Cl)c1. The molecule has 0 fully saturated rings. The van der Waals surface area contributed by atoms with Crippen LogP contribution in [0.25, 0.3) is 33.7 Å². The summed E-state index contributed by atoms with van der Waals surface area (Å²) in [4.78, 5) is 24.2. The smallest absolute Gasteiger partial charge is 0.252 e. The van der Waals surface area contributed by atoms with Gasteiger partial charge in [-0.15, -0.1) is 0 Å². The predicted octanol–water partition coefficient (Wildman–Crippen LogP) is 4.70. The van der Waals surface area contributed by atoms with E-state index >= 15 is 0 Å². The fourth-order valence-electron chi connectivity index (χ4n) is 2.91. The van der Waals surface area contributed by atoms with Crippen LogP contribution in [0.15, 0.2) is 60.8 Å². The van der Waals surface area contributed by atoms with Crippen molar-refractivity contribution in [1.29, 1.82) is 0 Å². The summed E-state index contributed by atoms with van der Waals surface area (Å²) in [6.45, 7) is 2.42. The van der Waals surface area contributed by atoms with E-state index in [2.05, 4.69) is 20.3 Å². The zero-order chi connectivity index (χ0) is 18.8. The number of aromatic amines is 1. The lowest BCUT2D eigenvalue weighted by molar-refractivity contribution is 0.0955. The van der Waals surface area contributed by atoms with E-state index in [0.29, 0.717) is 22.8 Å². The molecule has 0 aliphatic heterocycles. The molecule has 0 radical (unpaired) electrons. The Morgan fingerprint density at radius 2 is 1.85 bits per heavy atom. The first-order valence-corrected chi connectivity index (χ1v) is 9.03. The van der Waals surface area contributed by atoms with Gasteiger partial charge < -0.3 is 10.3 Å². The van der Waals surface area contributed by atoms with Gasteiger partial charge in [-0.1, -0.05) is 48.0 Å². The van der Waals surface area contributed by atoms with Gasteiger partial charge in [0.1, 0.15) is 5.82 Å². The molecule has 27 heavy (non-hydrogen) atoms. The van der Waals surface area contributed by atoms with Crippen LogP contribution in [0.2, 0.25) is 5.02 Å². The van der Waals surface area contributed by atoms with Crippen molar-refractivity contribution < 1.29 is 4.79 Å². The molecular weight excluding hydrogens is 360 g/mol. The summed E-state index contributed by atoms with van der Waals surface area (Å²) in [6.07, 6.45) is 1.54. The van der Waals surface area contributed by atoms with E-state index in [1.165, 1.54) is 0 Å². The van der Waals surface area contributed by atoms with Crippen LogP contribution < -0.4 is 5.32 Å². The number of hydrogen-bond acceptors (Lipinski definition) is 3. The van der Waals surface area contributed by atoms with Gasteiger partial charge in [-0.25, -0.2) is 4.98 Å². The number of fused-ring (bicyclic) bond motifs is 1. The van der Waals surface area contributed by atoms with E-state index < -0.39 is 0 Å². The van der Waals surface area contributed by atoms with Crippen molar-refractivity contribution in [2.45, 2.75) is 6.92 Å². The quantitative estimate of drug-likeness (QED) is 0.542. The maximum Gasteiger partial charge on any atom is 0.252 e. The van der Waals surface area contributed by atoms with E-state index in [-0.39, 0.29) is 5.91 Å². The Kier molecular flexibility index (Phi) is 4.60. The molecule has 0 bridgehead atoms. The van der Waals surface area contributed by atoms with Gasteiger partial charge in [0.15, 0.2) is 0 Å². The van der Waals surface area contributed by atoms with Crippen LogP contribution in [0.1, 0.15) is 17.3 Å². The van der Waals surface area contributed by atoms with E-state index in [1.54, 1.807) is 12.3 Å². The minimum atomic E-state index is -0.182. The number of nitrogens with zero attached hydrogens (tertiary/aromatic N) is 2. The number of nitrogens with one attached hydrogen (secondary N) is 2. The van der Waals surface area contributed by atoms with Crippen molar-refractivity contribution in [3.63, 3.8) is 0 Å². The highest BCUT2D eigenvalue weighted by Gasteiger charge is 2.11. The number of rotatable bonds is 4. The van der Waals surface area contributed by atoms with Crippen molar-refractivity contribution in [1.82, 2.24) is 20.3 Å². The number of carbonyl (C=O) groups excluding carboxylic acids is 1. The lowest BCUT2D eigenvalue weighted by atomic mass is 10.1. The van der Waals surface area contributed by atoms with Crippen molar-refractivity contribution in [2.24, 2.45) is 0 Å². The van der Waals surface area contributed by atoms with Crippen molar-refractivity contribution in [3.8, 4) is 22.6 Å². The molecule has 5 nitrogen and oxygen atoms in total. The number of imidazole rings is 1. The number of para-hydroxylation sites is 2. The van der Waals surface area contributed by atoms with Gasteiger partial charge in [-0.05, 0) is 25.1 Å². The molecule has 6 heteroatoms. The number of amides is 1. The van der Waals surface area contributed by atoms with Crippen molar-refractivity contribution >= 4 is 28.5 Å². The second-order valence-corrected chi connectivity index (χ2v) is 6.50. The van der Waals surface area contributed by atoms with Gasteiger partial charge in [0.05, 0.1) is 27.3 Å². The first-order chi connectivity index (χ1) is 13.2. The van der Waals surface area contributed by atoms with Crippen LogP contribution >= 0.6 is 11.6 Å². The van der Waals surface area contributed by atoms with Gasteiger partial charge in [-0.3, -0.25) is 9.78 Å². The molecule has 0 atom stereocenters. The Hall–Kier alpha value is -3.18. The maximum absolute atomic E-state index is 11.9. The summed E-state index contributed by atoms with van der Waals surface area (Å²) in [5.41, 5.74) is 4.88. The second-order valence-electron chi connectivity index (χ2n) is 6.09. The third-order valence-electron chi connectivity index (χ3n) is 4.26.